The van der Waals surface area contributed by atoms with Gasteiger partial charge in [-0.25, -0.2) is 4.79 Å². The number of amides is 1. The maximum atomic E-state index is 11.9. The zero-order valence-electron chi connectivity index (χ0n) is 14.1. The number of carbonyl (C=O) groups is 1. The molecule has 2 heterocycles. The summed E-state index contributed by atoms with van der Waals surface area (Å²) in [5, 5.41) is 0. The maximum Gasteiger partial charge on any atom is 0.409 e. The molecule has 0 atom stereocenters. The lowest BCUT2D eigenvalue weighted by molar-refractivity contribution is 0.0914. The molecule has 0 saturated carbocycles. The van der Waals surface area contributed by atoms with Gasteiger partial charge in [0.1, 0.15) is 6.61 Å². The summed E-state index contributed by atoms with van der Waals surface area (Å²) in [5.41, 5.74) is 1.38. The fourth-order valence-corrected chi connectivity index (χ4v) is 3.27. The molecule has 1 aromatic heterocycles. The summed E-state index contributed by atoms with van der Waals surface area (Å²) in [4.78, 5) is 17.8. The maximum absolute atomic E-state index is 11.9. The Morgan fingerprint density at radius 3 is 2.74 bits per heavy atom. The van der Waals surface area contributed by atoms with Crippen molar-refractivity contribution in [2.45, 2.75) is 38.5 Å². The molecule has 0 aromatic carbocycles. The van der Waals surface area contributed by atoms with Gasteiger partial charge in [0.2, 0.25) is 0 Å². The molecular weight excluding hydrogens is 308 g/mol. The van der Waals surface area contributed by atoms with E-state index in [4.69, 9.17) is 4.74 Å². The van der Waals surface area contributed by atoms with Crippen molar-refractivity contribution < 1.29 is 9.53 Å². The van der Waals surface area contributed by atoms with Crippen molar-refractivity contribution in [3.8, 4) is 0 Å². The first-order chi connectivity index (χ1) is 11.3. The fourth-order valence-electron chi connectivity index (χ4n) is 3.02. The van der Waals surface area contributed by atoms with E-state index in [1.807, 2.05) is 23.5 Å². The van der Waals surface area contributed by atoms with E-state index in [0.29, 0.717) is 6.61 Å². The Kier molecular flexibility index (Phi) is 8.29. The van der Waals surface area contributed by atoms with E-state index in [1.165, 1.54) is 24.8 Å². The van der Waals surface area contributed by atoms with E-state index in [0.717, 1.165) is 44.0 Å². The van der Waals surface area contributed by atoms with Crippen molar-refractivity contribution in [1.29, 1.82) is 0 Å². The van der Waals surface area contributed by atoms with Crippen molar-refractivity contribution in [2.24, 2.45) is 5.92 Å². The second-order valence-electron chi connectivity index (χ2n) is 6.14. The molecule has 1 aromatic rings. The molecule has 0 N–H and O–H groups in total. The number of likely N-dealkylation sites (tertiary alicyclic amines) is 1. The Bertz CT molecular complexity index is 448. The normalized spacial score (nSPS) is 15.6. The van der Waals surface area contributed by atoms with Crippen molar-refractivity contribution in [3.05, 3.63) is 30.1 Å². The summed E-state index contributed by atoms with van der Waals surface area (Å²) >= 11 is 1.70. The van der Waals surface area contributed by atoms with Gasteiger partial charge in [-0.2, -0.15) is 11.8 Å². The standard InChI is InChI=1S/C18H28N2O2S/c1-23-15-14-22-18(21)20-12-8-17(9-13-20)5-3-2-4-16-6-10-19-11-7-16/h6-7,10-11,17H,2-5,8-9,12-15H2,1H3. The van der Waals surface area contributed by atoms with E-state index in [1.54, 1.807) is 11.8 Å². The molecule has 0 spiro atoms. The van der Waals surface area contributed by atoms with Gasteiger partial charge in [0.15, 0.2) is 0 Å². The van der Waals surface area contributed by atoms with Gasteiger partial charge in [-0.1, -0.05) is 12.8 Å². The molecule has 0 radical (unpaired) electrons. The first-order valence-electron chi connectivity index (χ1n) is 8.59. The SMILES string of the molecule is CSCCOC(=O)N1CCC(CCCCc2ccncc2)CC1. The van der Waals surface area contributed by atoms with E-state index < -0.39 is 0 Å². The lowest BCUT2D eigenvalue weighted by Gasteiger charge is -2.31. The van der Waals surface area contributed by atoms with Gasteiger partial charge in [-0.15, -0.1) is 0 Å². The smallest absolute Gasteiger partial charge is 0.409 e. The molecule has 0 aliphatic carbocycles. The monoisotopic (exact) mass is 336 g/mol. The third-order valence-corrected chi connectivity index (χ3v) is 5.04. The quantitative estimate of drug-likeness (QED) is 0.673. The fraction of sp³-hybridized carbons (Fsp3) is 0.667. The summed E-state index contributed by atoms with van der Waals surface area (Å²) in [5.74, 6) is 1.64. The molecule has 128 valence electrons. The number of aromatic nitrogens is 1. The molecule has 1 aliphatic heterocycles. The first-order valence-corrected chi connectivity index (χ1v) is 9.98. The molecule has 2 rings (SSSR count). The van der Waals surface area contributed by atoms with E-state index in [9.17, 15) is 4.79 Å². The molecule has 0 bridgehead atoms. The van der Waals surface area contributed by atoms with Crippen molar-refractivity contribution in [2.75, 3.05) is 31.7 Å². The number of rotatable bonds is 8. The highest BCUT2D eigenvalue weighted by Crippen LogP contribution is 2.23. The Labute approximate surface area is 144 Å². The predicted molar refractivity (Wildman–Crippen MR) is 95.8 cm³/mol. The topological polar surface area (TPSA) is 42.4 Å². The van der Waals surface area contributed by atoms with E-state index in [2.05, 4.69) is 17.1 Å². The number of pyridine rings is 1. The van der Waals surface area contributed by atoms with Gasteiger partial charge in [-0.3, -0.25) is 4.98 Å². The largest absolute Gasteiger partial charge is 0.449 e. The second-order valence-corrected chi connectivity index (χ2v) is 7.12. The van der Waals surface area contributed by atoms with E-state index in [-0.39, 0.29) is 6.09 Å². The van der Waals surface area contributed by atoms with Crippen LogP contribution in [0.1, 0.15) is 37.7 Å². The van der Waals surface area contributed by atoms with Crippen LogP contribution in [-0.4, -0.2) is 47.7 Å². The Morgan fingerprint density at radius 1 is 1.30 bits per heavy atom. The summed E-state index contributed by atoms with van der Waals surface area (Å²) < 4.78 is 5.27. The zero-order chi connectivity index (χ0) is 16.3. The van der Waals surface area contributed by atoms with Gasteiger partial charge in [0.05, 0.1) is 0 Å². The van der Waals surface area contributed by atoms with Crippen LogP contribution in [0.3, 0.4) is 0 Å². The molecule has 5 heteroatoms. The van der Waals surface area contributed by atoms with Crippen molar-refractivity contribution in [1.82, 2.24) is 9.88 Å². The summed E-state index contributed by atoms with van der Waals surface area (Å²) in [6.45, 7) is 2.23. The molecule has 1 amide bonds. The molecular formula is C18H28N2O2S. The average molecular weight is 337 g/mol. The molecule has 0 unspecified atom stereocenters. The number of nitrogens with zero attached hydrogens (tertiary/aromatic N) is 2. The number of hydrogen-bond acceptors (Lipinski definition) is 4. The lowest BCUT2D eigenvalue weighted by atomic mass is 9.91. The molecule has 4 nitrogen and oxygen atoms in total. The Hall–Kier alpha value is -1.23. The van der Waals surface area contributed by atoms with Crippen molar-refractivity contribution in [3.63, 3.8) is 0 Å². The molecule has 1 aliphatic rings. The Balaban J connectivity index is 1.55. The van der Waals surface area contributed by atoms with Crippen LogP contribution in [0.4, 0.5) is 4.79 Å². The van der Waals surface area contributed by atoms with E-state index >= 15 is 0 Å². The number of unbranched alkanes of at least 4 members (excludes halogenated alkanes) is 1. The van der Waals surface area contributed by atoms with Crippen LogP contribution in [0.5, 0.6) is 0 Å². The van der Waals surface area contributed by atoms with Crippen LogP contribution in [0, 0.1) is 5.92 Å². The molecule has 1 fully saturated rings. The van der Waals surface area contributed by atoms with Crippen LogP contribution in [0.25, 0.3) is 0 Å². The highest BCUT2D eigenvalue weighted by molar-refractivity contribution is 7.98. The third-order valence-electron chi connectivity index (χ3n) is 4.46. The first kappa shape index (κ1) is 18.1. The van der Waals surface area contributed by atoms with Crippen LogP contribution in [0.15, 0.2) is 24.5 Å². The predicted octanol–water partition coefficient (Wildman–Crippen LogP) is 4.01. The lowest BCUT2D eigenvalue weighted by Crippen LogP contribution is -2.39. The van der Waals surface area contributed by atoms with Crippen LogP contribution < -0.4 is 0 Å². The Morgan fingerprint density at radius 2 is 2.04 bits per heavy atom. The number of thioether (sulfide) groups is 1. The van der Waals surface area contributed by atoms with Crippen LogP contribution in [0.2, 0.25) is 0 Å². The number of hydrogen-bond donors (Lipinski definition) is 0. The summed E-state index contributed by atoms with van der Waals surface area (Å²) in [6.07, 6.45) is 12.8. The number of carbonyl (C=O) groups excluding carboxylic acids is 1. The molecule has 23 heavy (non-hydrogen) atoms. The number of aryl methyl sites for hydroxylation is 1. The zero-order valence-corrected chi connectivity index (χ0v) is 14.9. The minimum atomic E-state index is -0.129. The third kappa shape index (κ3) is 6.81. The number of ether oxygens (including phenoxy) is 1. The van der Waals surface area contributed by atoms with Crippen LogP contribution >= 0.6 is 11.8 Å². The molecule has 1 saturated heterocycles. The minimum absolute atomic E-state index is 0.129. The van der Waals surface area contributed by atoms with Gasteiger partial charge in [0.25, 0.3) is 0 Å². The second kappa shape index (κ2) is 10.5. The minimum Gasteiger partial charge on any atom is -0.449 e. The van der Waals surface area contributed by atoms with Gasteiger partial charge in [0, 0.05) is 31.2 Å². The van der Waals surface area contributed by atoms with Gasteiger partial charge >= 0.3 is 6.09 Å². The summed E-state index contributed by atoms with van der Waals surface area (Å²) in [7, 11) is 0. The highest BCUT2D eigenvalue weighted by atomic mass is 32.2. The number of piperidine rings is 1. The van der Waals surface area contributed by atoms with Gasteiger partial charge in [-0.05, 0) is 55.6 Å². The summed E-state index contributed by atoms with van der Waals surface area (Å²) in [6, 6.07) is 4.20. The van der Waals surface area contributed by atoms with Crippen LogP contribution in [-0.2, 0) is 11.2 Å². The highest BCUT2D eigenvalue weighted by Gasteiger charge is 2.23. The average Bonchev–Trinajstić information content (AvgIpc) is 2.60. The van der Waals surface area contributed by atoms with Crippen molar-refractivity contribution >= 4 is 17.9 Å². The van der Waals surface area contributed by atoms with Gasteiger partial charge < -0.3 is 9.64 Å².